The molecule has 1 N–H and O–H groups in total. The molecule has 0 aliphatic heterocycles. The van der Waals surface area contributed by atoms with Gasteiger partial charge in [-0.2, -0.15) is 0 Å². The average Bonchev–Trinajstić information content (AvgIpc) is 2.42. The Morgan fingerprint density at radius 2 is 1.95 bits per heavy atom. The van der Waals surface area contributed by atoms with Gasteiger partial charge in [0.25, 0.3) is 5.69 Å². The number of hydrogen-bond acceptors (Lipinski definition) is 4. The van der Waals surface area contributed by atoms with E-state index in [1.807, 2.05) is 0 Å². The highest BCUT2D eigenvalue weighted by Crippen LogP contribution is 2.39. The van der Waals surface area contributed by atoms with Crippen LogP contribution in [-0.4, -0.2) is 16.0 Å². The summed E-state index contributed by atoms with van der Waals surface area (Å²) in [5, 5.41) is 20.2. The van der Waals surface area contributed by atoms with Crippen LogP contribution in [0.25, 0.3) is 0 Å². The van der Waals surface area contributed by atoms with Crippen LogP contribution in [0.1, 0.15) is 10.4 Å². The molecule has 0 aromatic heterocycles. The van der Waals surface area contributed by atoms with Crippen LogP contribution in [0.15, 0.2) is 46.2 Å². The van der Waals surface area contributed by atoms with Crippen molar-refractivity contribution in [2.24, 2.45) is 0 Å². The molecule has 0 amide bonds. The fourth-order valence-electron chi connectivity index (χ4n) is 1.58. The molecule has 0 saturated carbocycles. The van der Waals surface area contributed by atoms with Crippen molar-refractivity contribution in [1.29, 1.82) is 0 Å². The molecule has 0 bridgehead atoms. The molecule has 0 heterocycles. The first-order chi connectivity index (χ1) is 9.90. The van der Waals surface area contributed by atoms with Gasteiger partial charge in [-0.25, -0.2) is 9.18 Å². The highest BCUT2D eigenvalue weighted by molar-refractivity contribution is 7.99. The molecule has 0 atom stereocenters. The number of nitro benzene ring substituents is 1. The van der Waals surface area contributed by atoms with E-state index >= 15 is 0 Å². The van der Waals surface area contributed by atoms with Gasteiger partial charge in [0.15, 0.2) is 0 Å². The predicted octanol–water partition coefficient (Wildman–Crippen LogP) is 4.24. The van der Waals surface area contributed by atoms with Gasteiger partial charge in [0.2, 0.25) is 0 Å². The maximum Gasteiger partial charge on any atom is 0.338 e. The van der Waals surface area contributed by atoms with Crippen LogP contribution in [0, 0.1) is 15.9 Å². The van der Waals surface area contributed by atoms with Crippen LogP contribution < -0.4 is 0 Å². The Kier molecular flexibility index (Phi) is 4.44. The lowest BCUT2D eigenvalue weighted by atomic mass is 10.2. The number of carbonyl (C=O) groups is 1. The van der Waals surface area contributed by atoms with E-state index < -0.39 is 28.0 Å². The van der Waals surface area contributed by atoms with Gasteiger partial charge in [-0.15, -0.1) is 0 Å². The van der Waals surface area contributed by atoms with Gasteiger partial charge in [-0.1, -0.05) is 35.5 Å². The second-order valence-corrected chi connectivity index (χ2v) is 5.39. The fourth-order valence-corrected chi connectivity index (χ4v) is 2.79. The first-order valence-electron chi connectivity index (χ1n) is 5.53. The van der Waals surface area contributed by atoms with Crippen molar-refractivity contribution < 1.29 is 19.2 Å². The fraction of sp³-hybridized carbons (Fsp3) is 0. The third kappa shape index (κ3) is 3.32. The van der Waals surface area contributed by atoms with Crippen molar-refractivity contribution in [3.8, 4) is 0 Å². The van der Waals surface area contributed by atoms with Gasteiger partial charge >= 0.3 is 5.97 Å². The molecule has 0 saturated heterocycles. The van der Waals surface area contributed by atoms with E-state index in [2.05, 4.69) is 0 Å². The topological polar surface area (TPSA) is 80.4 Å². The molecule has 2 rings (SSSR count). The molecule has 2 aromatic carbocycles. The molecule has 0 aliphatic carbocycles. The number of nitro groups is 1. The molecule has 0 radical (unpaired) electrons. The van der Waals surface area contributed by atoms with Crippen LogP contribution in [0.4, 0.5) is 10.1 Å². The zero-order chi connectivity index (χ0) is 15.6. The maximum absolute atomic E-state index is 13.5. The van der Waals surface area contributed by atoms with E-state index in [-0.39, 0.29) is 4.90 Å². The molecule has 8 heteroatoms. The number of aromatic carboxylic acids is 1. The van der Waals surface area contributed by atoms with Crippen LogP contribution >= 0.6 is 23.4 Å². The zero-order valence-corrected chi connectivity index (χ0v) is 11.8. The van der Waals surface area contributed by atoms with Crippen LogP contribution in [-0.2, 0) is 0 Å². The molecule has 0 unspecified atom stereocenters. The highest BCUT2D eigenvalue weighted by Gasteiger charge is 2.22. The molecule has 108 valence electrons. The predicted molar refractivity (Wildman–Crippen MR) is 75.6 cm³/mol. The van der Waals surface area contributed by atoms with Crippen molar-refractivity contribution in [3.63, 3.8) is 0 Å². The van der Waals surface area contributed by atoms with Gasteiger partial charge in [0.05, 0.1) is 26.5 Å². The standard InChI is InChI=1S/C13H7ClFNO4S/c14-8-3-1-2-4-11(8)21-12-5-7(13(17)18)9(15)6-10(12)16(19)20/h1-6H,(H,17,18). The number of carboxylic acid groups (broad SMARTS) is 1. The van der Waals surface area contributed by atoms with Gasteiger partial charge < -0.3 is 5.11 Å². The highest BCUT2D eigenvalue weighted by atomic mass is 35.5. The van der Waals surface area contributed by atoms with Crippen molar-refractivity contribution in [2.45, 2.75) is 9.79 Å². The summed E-state index contributed by atoms with van der Waals surface area (Å²) in [5.41, 5.74) is -1.14. The second-order valence-electron chi connectivity index (χ2n) is 3.89. The lowest BCUT2D eigenvalue weighted by molar-refractivity contribution is -0.387. The number of rotatable bonds is 4. The van der Waals surface area contributed by atoms with Gasteiger partial charge in [-0.3, -0.25) is 10.1 Å². The minimum atomic E-state index is -1.50. The zero-order valence-electron chi connectivity index (χ0n) is 10.2. The Morgan fingerprint density at radius 3 is 2.52 bits per heavy atom. The molecule has 5 nitrogen and oxygen atoms in total. The van der Waals surface area contributed by atoms with E-state index in [4.69, 9.17) is 16.7 Å². The van der Waals surface area contributed by atoms with E-state index in [0.717, 1.165) is 17.8 Å². The number of nitrogens with zero attached hydrogens (tertiary/aromatic N) is 1. The average molecular weight is 328 g/mol. The summed E-state index contributed by atoms with van der Waals surface area (Å²) in [7, 11) is 0. The van der Waals surface area contributed by atoms with Crippen molar-refractivity contribution in [3.05, 3.63) is 62.9 Å². The minimum absolute atomic E-state index is 0.00639. The minimum Gasteiger partial charge on any atom is -0.478 e. The summed E-state index contributed by atoms with van der Waals surface area (Å²) < 4.78 is 13.5. The van der Waals surface area contributed by atoms with Gasteiger partial charge in [-0.05, 0) is 18.2 Å². The normalized spacial score (nSPS) is 10.4. The maximum atomic E-state index is 13.5. The monoisotopic (exact) mass is 327 g/mol. The summed E-state index contributed by atoms with van der Waals surface area (Å²) in [4.78, 5) is 21.6. The first kappa shape index (κ1) is 15.3. The molecule has 0 spiro atoms. The molecular weight excluding hydrogens is 321 g/mol. The Hall–Kier alpha value is -2.12. The van der Waals surface area contributed by atoms with Gasteiger partial charge in [0, 0.05) is 4.90 Å². The molecule has 0 fully saturated rings. The second kappa shape index (κ2) is 6.11. The summed E-state index contributed by atoms with van der Waals surface area (Å²) in [6, 6.07) is 8.13. The number of benzene rings is 2. The quantitative estimate of drug-likeness (QED) is 0.671. The lowest BCUT2D eigenvalue weighted by Gasteiger charge is -2.06. The summed E-state index contributed by atoms with van der Waals surface area (Å²) >= 11 is 6.86. The third-order valence-corrected chi connectivity index (χ3v) is 4.10. The number of halogens is 2. The Balaban J connectivity index is 2.55. The van der Waals surface area contributed by atoms with E-state index in [1.165, 1.54) is 0 Å². The lowest BCUT2D eigenvalue weighted by Crippen LogP contribution is -2.03. The summed E-state index contributed by atoms with van der Waals surface area (Å²) in [5.74, 6) is -2.65. The molecule has 0 aliphatic rings. The molecule has 2 aromatic rings. The number of hydrogen-bond donors (Lipinski definition) is 1. The van der Waals surface area contributed by atoms with Crippen LogP contribution in [0.3, 0.4) is 0 Å². The Labute approximate surface area is 127 Å². The third-order valence-electron chi connectivity index (χ3n) is 2.53. The molecule has 21 heavy (non-hydrogen) atoms. The first-order valence-corrected chi connectivity index (χ1v) is 6.73. The summed E-state index contributed by atoms with van der Waals surface area (Å²) in [6.45, 7) is 0. The van der Waals surface area contributed by atoms with E-state index in [1.54, 1.807) is 24.3 Å². The molecular formula is C13H7ClFNO4S. The van der Waals surface area contributed by atoms with Crippen molar-refractivity contribution >= 4 is 35.0 Å². The van der Waals surface area contributed by atoms with Crippen molar-refractivity contribution in [2.75, 3.05) is 0 Å². The largest absolute Gasteiger partial charge is 0.478 e. The smallest absolute Gasteiger partial charge is 0.338 e. The number of carboxylic acids is 1. The van der Waals surface area contributed by atoms with Crippen LogP contribution in [0.5, 0.6) is 0 Å². The summed E-state index contributed by atoms with van der Waals surface area (Å²) in [6.07, 6.45) is 0. The van der Waals surface area contributed by atoms with Crippen LogP contribution in [0.2, 0.25) is 5.02 Å². The Morgan fingerprint density at radius 1 is 1.29 bits per heavy atom. The van der Waals surface area contributed by atoms with E-state index in [9.17, 15) is 19.3 Å². The Bertz CT molecular complexity index is 738. The van der Waals surface area contributed by atoms with Crippen molar-refractivity contribution in [1.82, 2.24) is 0 Å². The SMILES string of the molecule is O=C(O)c1cc(Sc2ccccc2Cl)c([N+](=O)[O-])cc1F. The van der Waals surface area contributed by atoms with Gasteiger partial charge in [0.1, 0.15) is 5.82 Å². The van der Waals surface area contributed by atoms with E-state index in [0.29, 0.717) is 16.0 Å².